The summed E-state index contributed by atoms with van der Waals surface area (Å²) in [6.07, 6.45) is 2.10. The van der Waals surface area contributed by atoms with Gasteiger partial charge in [-0.15, -0.1) is 0 Å². The highest BCUT2D eigenvalue weighted by Crippen LogP contribution is 2.34. The Balaban J connectivity index is 3.21. The van der Waals surface area contributed by atoms with Crippen molar-refractivity contribution in [1.29, 1.82) is 0 Å². The standard InChI is InChI=1S/C12H14Br2O2/c1-8(7-13)4-9-5-11(15-2)12(16-3)6-10(9)14/h4-6H,7H2,1-3H3. The molecular formula is C12H14Br2O2. The van der Waals surface area contributed by atoms with Gasteiger partial charge in [0.15, 0.2) is 11.5 Å². The molecule has 0 saturated carbocycles. The molecule has 0 aliphatic rings. The predicted molar refractivity (Wildman–Crippen MR) is 74.7 cm³/mol. The highest BCUT2D eigenvalue weighted by molar-refractivity contribution is 9.10. The lowest BCUT2D eigenvalue weighted by Gasteiger charge is -2.10. The minimum absolute atomic E-state index is 0.725. The van der Waals surface area contributed by atoms with Crippen LogP contribution < -0.4 is 9.47 Å². The highest BCUT2D eigenvalue weighted by atomic mass is 79.9. The minimum Gasteiger partial charge on any atom is -0.493 e. The van der Waals surface area contributed by atoms with Crippen LogP contribution in [0.4, 0.5) is 0 Å². The summed E-state index contributed by atoms with van der Waals surface area (Å²) in [5, 5.41) is 0.855. The third-order valence-electron chi connectivity index (χ3n) is 2.12. The summed E-state index contributed by atoms with van der Waals surface area (Å²) in [6, 6.07) is 3.86. The third kappa shape index (κ3) is 3.25. The Morgan fingerprint density at radius 3 is 2.31 bits per heavy atom. The van der Waals surface area contributed by atoms with Crippen LogP contribution in [-0.4, -0.2) is 19.5 Å². The van der Waals surface area contributed by atoms with E-state index in [0.29, 0.717) is 0 Å². The number of rotatable bonds is 4. The van der Waals surface area contributed by atoms with Gasteiger partial charge in [0.25, 0.3) is 0 Å². The van der Waals surface area contributed by atoms with Crippen molar-refractivity contribution in [1.82, 2.24) is 0 Å². The molecule has 4 heteroatoms. The molecule has 1 aromatic rings. The smallest absolute Gasteiger partial charge is 0.161 e. The van der Waals surface area contributed by atoms with Crippen LogP contribution in [0.25, 0.3) is 6.08 Å². The summed E-state index contributed by atoms with van der Waals surface area (Å²) in [5.41, 5.74) is 2.32. The monoisotopic (exact) mass is 348 g/mol. The molecular weight excluding hydrogens is 336 g/mol. The summed E-state index contributed by atoms with van der Waals surface area (Å²) in [6.45, 7) is 2.07. The molecule has 0 unspecified atom stereocenters. The van der Waals surface area contributed by atoms with E-state index >= 15 is 0 Å². The molecule has 0 heterocycles. The molecule has 88 valence electrons. The van der Waals surface area contributed by atoms with E-state index in [0.717, 1.165) is 26.9 Å². The lowest BCUT2D eigenvalue weighted by atomic mass is 10.1. The molecule has 1 rings (SSSR count). The largest absolute Gasteiger partial charge is 0.493 e. The Morgan fingerprint density at radius 2 is 1.81 bits per heavy atom. The average Bonchev–Trinajstić information content (AvgIpc) is 2.30. The van der Waals surface area contributed by atoms with E-state index in [4.69, 9.17) is 9.47 Å². The fourth-order valence-electron chi connectivity index (χ4n) is 1.28. The van der Waals surface area contributed by atoms with E-state index in [1.807, 2.05) is 12.1 Å². The molecule has 0 fully saturated rings. The minimum atomic E-state index is 0.725. The van der Waals surface area contributed by atoms with Gasteiger partial charge in [-0.05, 0) is 24.6 Å². The lowest BCUT2D eigenvalue weighted by molar-refractivity contribution is 0.354. The van der Waals surface area contributed by atoms with E-state index in [1.54, 1.807) is 14.2 Å². The van der Waals surface area contributed by atoms with E-state index in [-0.39, 0.29) is 0 Å². The zero-order chi connectivity index (χ0) is 12.1. The van der Waals surface area contributed by atoms with E-state index in [1.165, 1.54) is 5.57 Å². The van der Waals surface area contributed by atoms with Crippen LogP contribution in [0.2, 0.25) is 0 Å². The van der Waals surface area contributed by atoms with Crippen molar-refractivity contribution in [3.63, 3.8) is 0 Å². The van der Waals surface area contributed by atoms with Crippen molar-refractivity contribution in [3.8, 4) is 11.5 Å². The van der Waals surface area contributed by atoms with Crippen LogP contribution in [0, 0.1) is 0 Å². The topological polar surface area (TPSA) is 18.5 Å². The molecule has 0 aliphatic carbocycles. The van der Waals surface area contributed by atoms with Gasteiger partial charge in [-0.25, -0.2) is 0 Å². The van der Waals surface area contributed by atoms with Crippen LogP contribution in [0.15, 0.2) is 22.2 Å². The number of methoxy groups -OCH3 is 2. The summed E-state index contributed by atoms with van der Waals surface area (Å²) in [7, 11) is 3.26. The number of allylic oxidation sites excluding steroid dienone is 1. The number of halogens is 2. The fourth-order valence-corrected chi connectivity index (χ4v) is 1.88. The second kappa shape index (κ2) is 6.30. The maximum absolute atomic E-state index is 5.26. The first-order valence-corrected chi connectivity index (χ1v) is 6.68. The Bertz CT molecular complexity index is 400. The maximum atomic E-state index is 5.26. The van der Waals surface area contributed by atoms with Crippen molar-refractivity contribution in [2.45, 2.75) is 6.92 Å². The normalized spacial score (nSPS) is 11.4. The average molecular weight is 350 g/mol. The van der Waals surface area contributed by atoms with Crippen molar-refractivity contribution in [2.24, 2.45) is 0 Å². The van der Waals surface area contributed by atoms with Gasteiger partial charge in [-0.1, -0.05) is 43.5 Å². The fraction of sp³-hybridized carbons (Fsp3) is 0.333. The second-order valence-corrected chi connectivity index (χ2v) is 4.77. The number of hydrogen-bond donors (Lipinski definition) is 0. The molecule has 0 bridgehead atoms. The van der Waals surface area contributed by atoms with Crippen molar-refractivity contribution >= 4 is 37.9 Å². The second-order valence-electron chi connectivity index (χ2n) is 3.35. The first-order chi connectivity index (χ1) is 7.62. The predicted octanol–water partition coefficient (Wildman–Crippen LogP) is 4.26. The number of benzene rings is 1. The Labute approximate surface area is 113 Å². The van der Waals surface area contributed by atoms with Gasteiger partial charge in [0.2, 0.25) is 0 Å². The SMILES string of the molecule is COc1cc(Br)c(C=C(C)CBr)cc1OC. The van der Waals surface area contributed by atoms with Gasteiger partial charge in [0, 0.05) is 9.80 Å². The van der Waals surface area contributed by atoms with Crippen LogP contribution in [0.3, 0.4) is 0 Å². The molecule has 2 nitrogen and oxygen atoms in total. The van der Waals surface area contributed by atoms with Gasteiger partial charge in [-0.3, -0.25) is 0 Å². The summed E-state index contributed by atoms with van der Waals surface area (Å²) < 4.78 is 11.5. The van der Waals surface area contributed by atoms with Crippen LogP contribution in [0.1, 0.15) is 12.5 Å². The summed E-state index contributed by atoms with van der Waals surface area (Å²) in [4.78, 5) is 0. The molecule has 0 aliphatic heterocycles. The van der Waals surface area contributed by atoms with Crippen molar-refractivity contribution in [3.05, 3.63) is 27.7 Å². The molecule has 0 aromatic heterocycles. The summed E-state index contributed by atoms with van der Waals surface area (Å²) in [5.74, 6) is 1.46. The van der Waals surface area contributed by atoms with Crippen molar-refractivity contribution < 1.29 is 9.47 Å². The molecule has 16 heavy (non-hydrogen) atoms. The van der Waals surface area contributed by atoms with Gasteiger partial charge >= 0.3 is 0 Å². The molecule has 0 N–H and O–H groups in total. The number of hydrogen-bond acceptors (Lipinski definition) is 2. The first kappa shape index (κ1) is 13.6. The highest BCUT2D eigenvalue weighted by Gasteiger charge is 2.07. The van der Waals surface area contributed by atoms with E-state index in [2.05, 4.69) is 44.9 Å². The maximum Gasteiger partial charge on any atom is 0.161 e. The number of alkyl halides is 1. The van der Waals surface area contributed by atoms with Crippen molar-refractivity contribution in [2.75, 3.05) is 19.5 Å². The van der Waals surface area contributed by atoms with Gasteiger partial charge in [0.1, 0.15) is 0 Å². The molecule has 1 aromatic carbocycles. The molecule has 0 saturated heterocycles. The number of ether oxygens (including phenoxy) is 2. The Morgan fingerprint density at radius 1 is 1.25 bits per heavy atom. The summed E-state index contributed by atoms with van der Waals surface area (Å²) >= 11 is 6.93. The van der Waals surface area contributed by atoms with E-state index in [9.17, 15) is 0 Å². The Kier molecular flexibility index (Phi) is 5.35. The van der Waals surface area contributed by atoms with Crippen LogP contribution >= 0.6 is 31.9 Å². The zero-order valence-electron chi connectivity index (χ0n) is 9.51. The molecule has 0 atom stereocenters. The molecule has 0 amide bonds. The first-order valence-electron chi connectivity index (χ1n) is 4.77. The van der Waals surface area contributed by atoms with Gasteiger partial charge < -0.3 is 9.47 Å². The Hall–Kier alpha value is -0.480. The molecule has 0 spiro atoms. The van der Waals surface area contributed by atoms with Gasteiger partial charge in [-0.2, -0.15) is 0 Å². The van der Waals surface area contributed by atoms with Crippen LogP contribution in [-0.2, 0) is 0 Å². The van der Waals surface area contributed by atoms with E-state index < -0.39 is 0 Å². The van der Waals surface area contributed by atoms with Gasteiger partial charge in [0.05, 0.1) is 14.2 Å². The zero-order valence-corrected chi connectivity index (χ0v) is 12.7. The third-order valence-corrected chi connectivity index (χ3v) is 3.69. The quantitative estimate of drug-likeness (QED) is 0.756. The lowest BCUT2D eigenvalue weighted by Crippen LogP contribution is -1.92. The van der Waals surface area contributed by atoms with Crippen LogP contribution in [0.5, 0.6) is 11.5 Å². The molecule has 0 radical (unpaired) electrons.